The fraction of sp³-hybridized carbons (Fsp3) is 0.304. The second kappa shape index (κ2) is 11.3. The Kier molecular flexibility index (Phi) is 8.76. The summed E-state index contributed by atoms with van der Waals surface area (Å²) in [6.07, 6.45) is -4.66. The summed E-state index contributed by atoms with van der Waals surface area (Å²) in [4.78, 5) is 2.05. The zero-order valence-electron chi connectivity index (χ0n) is 17.4. The maximum atomic E-state index is 12.8. The quantitative estimate of drug-likeness (QED) is 0.268. The Labute approximate surface area is 198 Å². The van der Waals surface area contributed by atoms with E-state index in [0.717, 1.165) is 33.2 Å². The van der Waals surface area contributed by atoms with Crippen LogP contribution in [0.5, 0.6) is 11.5 Å². The van der Waals surface area contributed by atoms with Crippen LogP contribution in [0.4, 0.5) is 13.2 Å². The van der Waals surface area contributed by atoms with E-state index in [4.69, 9.17) is 25.8 Å². The molecule has 0 aliphatic carbocycles. The lowest BCUT2D eigenvalue weighted by Gasteiger charge is -2.19. The third kappa shape index (κ3) is 7.33. The van der Waals surface area contributed by atoms with E-state index in [0.29, 0.717) is 22.4 Å². The number of thioether (sulfide) groups is 1. The van der Waals surface area contributed by atoms with Crippen LogP contribution in [0, 0.1) is 6.92 Å². The van der Waals surface area contributed by atoms with Gasteiger partial charge in [-0.25, -0.2) is 0 Å². The highest BCUT2D eigenvalue weighted by molar-refractivity contribution is 7.99. The number of aryl methyl sites for hydroxylation is 1. The maximum Gasteiger partial charge on any atom is 0.416 e. The van der Waals surface area contributed by atoms with E-state index in [1.54, 1.807) is 18.9 Å². The lowest BCUT2D eigenvalue weighted by atomic mass is 10.2. The molecule has 3 rings (SSSR count). The summed E-state index contributed by atoms with van der Waals surface area (Å²) in [7, 11) is 1.63. The molecular weight excluding hydrogens is 481 g/mol. The lowest BCUT2D eigenvalue weighted by Crippen LogP contribution is -2.24. The smallest absolute Gasteiger partial charge is 0.416 e. The molecule has 0 spiro atoms. The van der Waals surface area contributed by atoms with Crippen LogP contribution in [0.25, 0.3) is 0 Å². The molecule has 0 amide bonds. The van der Waals surface area contributed by atoms with Crippen LogP contribution in [0.15, 0.2) is 59.5 Å². The van der Waals surface area contributed by atoms with Crippen LogP contribution in [0.1, 0.15) is 16.0 Å². The number of thiophene rings is 1. The molecule has 0 saturated carbocycles. The summed E-state index contributed by atoms with van der Waals surface area (Å²) in [6.45, 7) is 2.55. The third-order valence-corrected chi connectivity index (χ3v) is 6.84. The number of benzene rings is 2. The molecule has 9 heteroatoms. The van der Waals surface area contributed by atoms with E-state index < -0.39 is 11.7 Å². The summed E-state index contributed by atoms with van der Waals surface area (Å²) in [6, 6.07) is 14.3. The molecule has 3 aromatic rings. The van der Waals surface area contributed by atoms with Crippen molar-refractivity contribution in [3.63, 3.8) is 0 Å². The Hall–Kier alpha value is -1.87. The molecular formula is C23H22ClF3O3S2. The van der Waals surface area contributed by atoms with Gasteiger partial charge in [-0.05, 0) is 67.1 Å². The Balaban J connectivity index is 1.62. The van der Waals surface area contributed by atoms with Crippen LogP contribution < -0.4 is 9.47 Å². The first-order valence-corrected chi connectivity index (χ1v) is 11.9. The minimum atomic E-state index is -4.38. The molecule has 0 aliphatic heterocycles. The van der Waals surface area contributed by atoms with E-state index in [9.17, 15) is 13.2 Å². The number of rotatable bonds is 10. The van der Waals surface area contributed by atoms with Gasteiger partial charge in [0.2, 0.25) is 0 Å². The average molecular weight is 503 g/mol. The topological polar surface area (TPSA) is 27.7 Å². The van der Waals surface area contributed by atoms with Crippen molar-refractivity contribution in [2.45, 2.75) is 30.7 Å². The predicted octanol–water partition coefficient (Wildman–Crippen LogP) is 7.49. The molecule has 3 nitrogen and oxygen atoms in total. The lowest BCUT2D eigenvalue weighted by molar-refractivity contribution is -0.137. The first-order chi connectivity index (χ1) is 15.2. The minimum Gasteiger partial charge on any atom is -0.496 e. The van der Waals surface area contributed by atoms with Gasteiger partial charge in [0.05, 0.1) is 23.6 Å². The molecule has 1 heterocycles. The van der Waals surface area contributed by atoms with Gasteiger partial charge < -0.3 is 14.2 Å². The monoisotopic (exact) mass is 502 g/mol. The standard InChI is InChI=1S/C23H22ClF3O3S2/c1-15-11-19(7-9-21(15)28-2)31-14-18(30-13-20-8-10-22(24)32-20)12-29-17-5-3-16(4-6-17)23(25,26)27/h3-11,18H,12-14H2,1-2H3/t18-/m1/s1. The van der Waals surface area contributed by atoms with Crippen molar-refractivity contribution in [1.82, 2.24) is 0 Å². The predicted molar refractivity (Wildman–Crippen MR) is 123 cm³/mol. The van der Waals surface area contributed by atoms with Gasteiger partial charge in [-0.15, -0.1) is 23.1 Å². The van der Waals surface area contributed by atoms with Crippen molar-refractivity contribution in [2.24, 2.45) is 0 Å². The molecule has 1 aromatic heterocycles. The Morgan fingerprint density at radius 1 is 1.06 bits per heavy atom. The van der Waals surface area contributed by atoms with Crippen LogP contribution in [-0.2, 0) is 17.5 Å². The van der Waals surface area contributed by atoms with Crippen LogP contribution in [0.2, 0.25) is 4.34 Å². The summed E-state index contributed by atoms with van der Waals surface area (Å²) < 4.78 is 56.0. The van der Waals surface area contributed by atoms with Crippen LogP contribution >= 0.6 is 34.7 Å². The van der Waals surface area contributed by atoms with Crippen molar-refractivity contribution in [2.75, 3.05) is 19.5 Å². The summed E-state index contributed by atoms with van der Waals surface area (Å²) in [5.74, 6) is 1.78. The number of hydrogen-bond donors (Lipinski definition) is 0. The molecule has 0 unspecified atom stereocenters. The van der Waals surface area contributed by atoms with Gasteiger partial charge in [0.25, 0.3) is 0 Å². The number of hydrogen-bond acceptors (Lipinski definition) is 5. The first-order valence-electron chi connectivity index (χ1n) is 9.68. The molecule has 2 aromatic carbocycles. The van der Waals surface area contributed by atoms with E-state index in [1.807, 2.05) is 37.3 Å². The molecule has 1 atom stereocenters. The fourth-order valence-corrected chi connectivity index (χ4v) is 4.84. The van der Waals surface area contributed by atoms with Gasteiger partial charge in [-0.3, -0.25) is 0 Å². The zero-order valence-corrected chi connectivity index (χ0v) is 19.8. The highest BCUT2D eigenvalue weighted by Crippen LogP contribution is 2.31. The number of halogens is 4. The summed E-state index contributed by atoms with van der Waals surface area (Å²) in [5, 5.41) is 0. The fourth-order valence-electron chi connectivity index (χ4n) is 2.83. The van der Waals surface area contributed by atoms with Gasteiger partial charge in [-0.2, -0.15) is 13.2 Å². The molecule has 0 radical (unpaired) electrons. The first kappa shape index (κ1) is 24.8. The van der Waals surface area contributed by atoms with E-state index in [-0.39, 0.29) is 12.7 Å². The molecule has 172 valence electrons. The molecule has 0 bridgehead atoms. The van der Waals surface area contributed by atoms with Crippen molar-refractivity contribution < 1.29 is 27.4 Å². The van der Waals surface area contributed by atoms with Gasteiger partial charge in [0.1, 0.15) is 24.2 Å². The average Bonchev–Trinajstić information content (AvgIpc) is 3.18. The Bertz CT molecular complexity index is 1010. The van der Waals surface area contributed by atoms with E-state index >= 15 is 0 Å². The highest BCUT2D eigenvalue weighted by atomic mass is 35.5. The second-order valence-electron chi connectivity index (χ2n) is 6.91. The molecule has 0 saturated heterocycles. The second-order valence-corrected chi connectivity index (χ2v) is 9.81. The largest absolute Gasteiger partial charge is 0.496 e. The molecule has 32 heavy (non-hydrogen) atoms. The highest BCUT2D eigenvalue weighted by Gasteiger charge is 2.30. The maximum absolute atomic E-state index is 12.8. The summed E-state index contributed by atoms with van der Waals surface area (Å²) in [5.41, 5.74) is 0.321. The van der Waals surface area contributed by atoms with Crippen molar-refractivity contribution in [1.29, 1.82) is 0 Å². The molecule has 0 N–H and O–H groups in total. The number of methoxy groups -OCH3 is 1. The Morgan fingerprint density at radius 2 is 1.81 bits per heavy atom. The van der Waals surface area contributed by atoms with E-state index in [2.05, 4.69) is 0 Å². The van der Waals surface area contributed by atoms with Crippen molar-refractivity contribution >= 4 is 34.7 Å². The van der Waals surface area contributed by atoms with Crippen molar-refractivity contribution in [3.05, 3.63) is 74.9 Å². The SMILES string of the molecule is COc1ccc(SC[C@@H](COc2ccc(C(F)(F)F)cc2)OCc2ccc(Cl)s2)cc1C. The zero-order chi connectivity index (χ0) is 23.1. The summed E-state index contributed by atoms with van der Waals surface area (Å²) >= 11 is 9.04. The number of alkyl halides is 3. The molecule has 0 fully saturated rings. The van der Waals surface area contributed by atoms with Crippen LogP contribution in [0.3, 0.4) is 0 Å². The van der Waals surface area contributed by atoms with Gasteiger partial charge in [0, 0.05) is 15.5 Å². The van der Waals surface area contributed by atoms with E-state index in [1.165, 1.54) is 23.5 Å². The van der Waals surface area contributed by atoms with Gasteiger partial charge >= 0.3 is 6.18 Å². The van der Waals surface area contributed by atoms with Gasteiger partial charge in [0.15, 0.2) is 0 Å². The Morgan fingerprint density at radius 3 is 2.41 bits per heavy atom. The van der Waals surface area contributed by atoms with Crippen LogP contribution in [-0.4, -0.2) is 25.6 Å². The normalized spacial score (nSPS) is 12.6. The minimum absolute atomic E-state index is 0.201. The number of ether oxygens (including phenoxy) is 3. The van der Waals surface area contributed by atoms with Gasteiger partial charge in [-0.1, -0.05) is 11.6 Å². The third-order valence-electron chi connectivity index (χ3n) is 4.51. The molecule has 0 aliphatic rings. The van der Waals surface area contributed by atoms with Crippen molar-refractivity contribution in [3.8, 4) is 11.5 Å².